The summed E-state index contributed by atoms with van der Waals surface area (Å²) < 4.78 is 0. The number of Topliss-reactive ketones (excluding diaryl/α,β-unsaturated/α-hetero) is 1. The quantitative estimate of drug-likeness (QED) is 0.847. The van der Waals surface area contributed by atoms with Gasteiger partial charge in [0.25, 0.3) is 0 Å². The summed E-state index contributed by atoms with van der Waals surface area (Å²) in [6.07, 6.45) is 1.18. The molecule has 1 fully saturated rings. The number of nitrogens with zero attached hydrogens (tertiary/aromatic N) is 1. The zero-order valence-corrected chi connectivity index (χ0v) is 12.7. The smallest absolute Gasteiger partial charge is 0.303 e. The van der Waals surface area contributed by atoms with Gasteiger partial charge in [0.05, 0.1) is 6.42 Å². The highest BCUT2D eigenvalue weighted by atomic mass is 16.4. The number of hydrogen-bond donors (Lipinski definition) is 1. The van der Waals surface area contributed by atoms with Gasteiger partial charge in [-0.2, -0.15) is 0 Å². The second-order valence-electron chi connectivity index (χ2n) is 5.78. The van der Waals surface area contributed by atoms with Gasteiger partial charge in [-0.1, -0.05) is 23.8 Å². The van der Waals surface area contributed by atoms with Crippen LogP contribution in [-0.4, -0.2) is 40.8 Å². The maximum absolute atomic E-state index is 12.5. The second-order valence-corrected chi connectivity index (χ2v) is 5.78. The van der Waals surface area contributed by atoms with Crippen molar-refractivity contribution in [3.63, 3.8) is 0 Å². The average molecular weight is 303 g/mol. The normalized spacial score (nSPS) is 15.6. The minimum Gasteiger partial charge on any atom is -0.481 e. The molecule has 22 heavy (non-hydrogen) atoms. The summed E-state index contributed by atoms with van der Waals surface area (Å²) in [6.45, 7) is 3.02. The summed E-state index contributed by atoms with van der Waals surface area (Å²) >= 11 is 0. The van der Waals surface area contributed by atoms with Gasteiger partial charge in [-0.05, 0) is 25.8 Å². The number of carbonyl (C=O) groups is 3. The number of amides is 1. The number of carboxylic acid groups (broad SMARTS) is 1. The van der Waals surface area contributed by atoms with Crippen LogP contribution in [0.1, 0.15) is 41.6 Å². The van der Waals surface area contributed by atoms with E-state index in [-0.39, 0.29) is 30.4 Å². The topological polar surface area (TPSA) is 74.7 Å². The molecule has 5 heteroatoms. The number of aryl methyl sites for hydroxylation is 1. The molecule has 1 heterocycles. The lowest BCUT2D eigenvalue weighted by atomic mass is 9.88. The van der Waals surface area contributed by atoms with Crippen LogP contribution in [0.2, 0.25) is 0 Å². The molecule has 0 radical (unpaired) electrons. The van der Waals surface area contributed by atoms with E-state index in [4.69, 9.17) is 5.11 Å². The van der Waals surface area contributed by atoms with Crippen molar-refractivity contribution in [3.05, 3.63) is 35.4 Å². The van der Waals surface area contributed by atoms with Crippen LogP contribution in [-0.2, 0) is 9.59 Å². The first-order valence-electron chi connectivity index (χ1n) is 7.58. The van der Waals surface area contributed by atoms with Crippen molar-refractivity contribution < 1.29 is 19.5 Å². The van der Waals surface area contributed by atoms with E-state index >= 15 is 0 Å². The Balaban J connectivity index is 1.88. The Bertz CT molecular complexity index is 574. The number of hydrogen-bond acceptors (Lipinski definition) is 3. The number of carbonyl (C=O) groups excluding carboxylic acids is 2. The molecule has 1 amide bonds. The maximum Gasteiger partial charge on any atom is 0.303 e. The Morgan fingerprint density at radius 1 is 1.18 bits per heavy atom. The van der Waals surface area contributed by atoms with Gasteiger partial charge in [-0.3, -0.25) is 14.4 Å². The maximum atomic E-state index is 12.5. The molecule has 1 N–H and O–H groups in total. The molecule has 5 nitrogen and oxygen atoms in total. The average Bonchev–Trinajstić information content (AvgIpc) is 2.52. The Hall–Kier alpha value is -2.17. The highest BCUT2D eigenvalue weighted by molar-refractivity contribution is 5.98. The van der Waals surface area contributed by atoms with Crippen LogP contribution in [0.5, 0.6) is 0 Å². The van der Waals surface area contributed by atoms with Crippen molar-refractivity contribution in [2.24, 2.45) is 5.92 Å². The largest absolute Gasteiger partial charge is 0.481 e. The van der Waals surface area contributed by atoms with Crippen LogP contribution >= 0.6 is 0 Å². The molecule has 1 aliphatic heterocycles. The Kier molecular flexibility index (Phi) is 5.31. The molecule has 0 spiro atoms. The third kappa shape index (κ3) is 4.16. The van der Waals surface area contributed by atoms with Crippen LogP contribution in [0.4, 0.5) is 0 Å². The van der Waals surface area contributed by atoms with E-state index in [1.165, 1.54) is 0 Å². The van der Waals surface area contributed by atoms with Crippen molar-refractivity contribution in [1.82, 2.24) is 4.90 Å². The van der Waals surface area contributed by atoms with Crippen LogP contribution in [0, 0.1) is 12.8 Å². The minimum absolute atomic E-state index is 0.0336. The van der Waals surface area contributed by atoms with Gasteiger partial charge < -0.3 is 10.0 Å². The van der Waals surface area contributed by atoms with E-state index in [1.54, 1.807) is 4.90 Å². The standard InChI is InChI=1S/C17H21NO4/c1-12-3-2-4-14(11-12)17(22)13-7-9-18(10-8-13)15(19)5-6-16(20)21/h2-4,11,13H,5-10H2,1H3,(H,20,21). The van der Waals surface area contributed by atoms with Gasteiger partial charge in [-0.15, -0.1) is 0 Å². The Morgan fingerprint density at radius 2 is 1.86 bits per heavy atom. The van der Waals surface area contributed by atoms with E-state index < -0.39 is 5.97 Å². The highest BCUT2D eigenvalue weighted by Crippen LogP contribution is 2.22. The second kappa shape index (κ2) is 7.20. The summed E-state index contributed by atoms with van der Waals surface area (Å²) in [5.41, 5.74) is 1.79. The van der Waals surface area contributed by atoms with Crippen LogP contribution in [0.15, 0.2) is 24.3 Å². The van der Waals surface area contributed by atoms with Crippen molar-refractivity contribution in [3.8, 4) is 0 Å². The predicted molar refractivity (Wildman–Crippen MR) is 81.7 cm³/mol. The molecular formula is C17H21NO4. The molecule has 0 aromatic heterocycles. The van der Waals surface area contributed by atoms with Crippen LogP contribution in [0.25, 0.3) is 0 Å². The minimum atomic E-state index is -0.960. The molecule has 118 valence electrons. The number of likely N-dealkylation sites (tertiary alicyclic amines) is 1. The molecule has 0 atom stereocenters. The fourth-order valence-corrected chi connectivity index (χ4v) is 2.80. The molecule has 1 saturated heterocycles. The number of benzene rings is 1. The molecule has 1 aromatic carbocycles. The van der Waals surface area contributed by atoms with E-state index in [2.05, 4.69) is 0 Å². The van der Waals surface area contributed by atoms with Gasteiger partial charge in [-0.25, -0.2) is 0 Å². The molecule has 1 aliphatic rings. The number of ketones is 1. The van der Waals surface area contributed by atoms with Gasteiger partial charge in [0.1, 0.15) is 0 Å². The van der Waals surface area contributed by atoms with Gasteiger partial charge in [0, 0.05) is 31.0 Å². The van der Waals surface area contributed by atoms with Gasteiger partial charge in [0.2, 0.25) is 5.91 Å². The summed E-state index contributed by atoms with van der Waals surface area (Å²) in [5.74, 6) is -1.01. The van der Waals surface area contributed by atoms with Crippen molar-refractivity contribution >= 4 is 17.7 Å². The fourth-order valence-electron chi connectivity index (χ4n) is 2.80. The van der Waals surface area contributed by atoms with E-state index in [0.29, 0.717) is 25.9 Å². The number of piperidine rings is 1. The highest BCUT2D eigenvalue weighted by Gasteiger charge is 2.27. The zero-order valence-electron chi connectivity index (χ0n) is 12.7. The van der Waals surface area contributed by atoms with Crippen LogP contribution in [0.3, 0.4) is 0 Å². The zero-order chi connectivity index (χ0) is 16.1. The third-order valence-corrected chi connectivity index (χ3v) is 4.07. The number of carboxylic acids is 1. The molecule has 1 aromatic rings. The number of rotatable bonds is 5. The Morgan fingerprint density at radius 3 is 2.45 bits per heavy atom. The molecular weight excluding hydrogens is 282 g/mol. The summed E-state index contributed by atoms with van der Waals surface area (Å²) in [7, 11) is 0. The van der Waals surface area contributed by atoms with Crippen LogP contribution < -0.4 is 0 Å². The van der Waals surface area contributed by atoms with Crippen molar-refractivity contribution in [1.29, 1.82) is 0 Å². The lowest BCUT2D eigenvalue weighted by molar-refractivity contribution is -0.141. The lowest BCUT2D eigenvalue weighted by Gasteiger charge is -2.31. The molecule has 0 saturated carbocycles. The molecule has 0 aliphatic carbocycles. The molecule has 0 bridgehead atoms. The predicted octanol–water partition coefficient (Wildman–Crippen LogP) is 2.28. The number of aliphatic carboxylic acids is 1. The Labute approximate surface area is 129 Å². The van der Waals surface area contributed by atoms with E-state index in [0.717, 1.165) is 11.1 Å². The molecule has 2 rings (SSSR count). The van der Waals surface area contributed by atoms with Gasteiger partial charge in [0.15, 0.2) is 5.78 Å². The molecule has 0 unspecified atom stereocenters. The van der Waals surface area contributed by atoms with Gasteiger partial charge >= 0.3 is 5.97 Å². The van der Waals surface area contributed by atoms with E-state index in [9.17, 15) is 14.4 Å². The van der Waals surface area contributed by atoms with Crippen molar-refractivity contribution in [2.45, 2.75) is 32.6 Å². The first-order valence-corrected chi connectivity index (χ1v) is 7.58. The summed E-state index contributed by atoms with van der Waals surface area (Å²) in [5, 5.41) is 8.61. The SMILES string of the molecule is Cc1cccc(C(=O)C2CCN(C(=O)CCC(=O)O)CC2)c1. The summed E-state index contributed by atoms with van der Waals surface area (Å²) in [4.78, 5) is 36.5. The third-order valence-electron chi connectivity index (χ3n) is 4.07. The monoisotopic (exact) mass is 303 g/mol. The van der Waals surface area contributed by atoms with E-state index in [1.807, 2.05) is 31.2 Å². The fraction of sp³-hybridized carbons (Fsp3) is 0.471. The first kappa shape index (κ1) is 16.2. The lowest BCUT2D eigenvalue weighted by Crippen LogP contribution is -2.40. The first-order chi connectivity index (χ1) is 10.5. The summed E-state index contributed by atoms with van der Waals surface area (Å²) in [6, 6.07) is 7.57. The van der Waals surface area contributed by atoms with Crippen molar-refractivity contribution in [2.75, 3.05) is 13.1 Å².